The Morgan fingerprint density at radius 3 is 2.65 bits per heavy atom. The van der Waals surface area contributed by atoms with Gasteiger partial charge >= 0.3 is 0 Å². The zero-order valence-corrected chi connectivity index (χ0v) is 11.0. The van der Waals surface area contributed by atoms with Gasteiger partial charge in [-0.1, -0.05) is 17.7 Å². The van der Waals surface area contributed by atoms with Gasteiger partial charge in [-0.3, -0.25) is 0 Å². The summed E-state index contributed by atoms with van der Waals surface area (Å²) in [5, 5.41) is 3.32. The molecule has 2 heterocycles. The first-order valence-electron chi connectivity index (χ1n) is 5.61. The molecule has 4 nitrogen and oxygen atoms in total. The van der Waals surface area contributed by atoms with E-state index in [9.17, 15) is 8.42 Å². The van der Waals surface area contributed by atoms with E-state index in [-0.39, 0.29) is 11.0 Å². The van der Waals surface area contributed by atoms with E-state index in [2.05, 4.69) is 10.3 Å². The monoisotopic (exact) mass is 274 g/mol. The van der Waals surface area contributed by atoms with Gasteiger partial charge in [-0.05, 0) is 37.6 Å². The molecular formula is C11H15ClN2O2S. The van der Waals surface area contributed by atoms with Crippen molar-refractivity contribution < 1.29 is 8.42 Å². The predicted octanol–water partition coefficient (Wildman–Crippen LogP) is 1.40. The minimum Gasteiger partial charge on any atom is -0.317 e. The molecule has 1 aliphatic heterocycles. The molecule has 0 aliphatic carbocycles. The summed E-state index contributed by atoms with van der Waals surface area (Å²) in [5.41, 5.74) is 0.702. The third-order valence-corrected chi connectivity index (χ3v) is 5.40. The Bertz CT molecular complexity index is 467. The van der Waals surface area contributed by atoms with Gasteiger partial charge in [0.05, 0.1) is 11.0 Å². The smallest absolute Gasteiger partial charge is 0.157 e. The van der Waals surface area contributed by atoms with Crippen LogP contribution in [0.1, 0.15) is 18.4 Å². The fraction of sp³-hybridized carbons (Fsp3) is 0.545. The van der Waals surface area contributed by atoms with Crippen LogP contribution in [0.4, 0.5) is 0 Å². The molecule has 0 spiro atoms. The Morgan fingerprint density at radius 2 is 2.06 bits per heavy atom. The first kappa shape index (κ1) is 12.8. The number of pyridine rings is 1. The van der Waals surface area contributed by atoms with Gasteiger partial charge in [-0.2, -0.15) is 0 Å². The fourth-order valence-electron chi connectivity index (χ4n) is 2.00. The summed E-state index contributed by atoms with van der Waals surface area (Å²) in [4.78, 5) is 3.90. The van der Waals surface area contributed by atoms with Crippen LogP contribution in [0.15, 0.2) is 18.3 Å². The number of hydrogen-bond acceptors (Lipinski definition) is 4. The minimum atomic E-state index is -3.07. The lowest BCUT2D eigenvalue weighted by Crippen LogP contribution is -2.36. The highest BCUT2D eigenvalue weighted by molar-refractivity contribution is 7.91. The minimum absolute atomic E-state index is 0.0574. The van der Waals surface area contributed by atoms with Crippen molar-refractivity contribution in [1.82, 2.24) is 10.3 Å². The van der Waals surface area contributed by atoms with E-state index in [1.54, 1.807) is 12.1 Å². The average Bonchev–Trinajstić information content (AvgIpc) is 2.33. The van der Waals surface area contributed by atoms with Gasteiger partial charge in [0, 0.05) is 6.20 Å². The van der Waals surface area contributed by atoms with Crippen molar-refractivity contribution in [3.8, 4) is 0 Å². The second kappa shape index (κ2) is 5.33. The second-order valence-corrected chi connectivity index (χ2v) is 6.91. The quantitative estimate of drug-likeness (QED) is 0.847. The van der Waals surface area contributed by atoms with Crippen LogP contribution >= 0.6 is 11.6 Å². The van der Waals surface area contributed by atoms with Crippen LogP contribution < -0.4 is 5.32 Å². The zero-order chi connectivity index (χ0) is 12.3. The van der Waals surface area contributed by atoms with Crippen LogP contribution in [0.3, 0.4) is 0 Å². The molecule has 0 atom stereocenters. The molecule has 6 heteroatoms. The number of halogens is 1. The number of hydrogen-bond donors (Lipinski definition) is 1. The summed E-state index contributed by atoms with van der Waals surface area (Å²) in [5.74, 6) is 0.0574. The molecule has 1 saturated heterocycles. The Labute approximate surface area is 106 Å². The molecule has 0 radical (unpaired) electrons. The molecule has 2 rings (SSSR count). The van der Waals surface area contributed by atoms with Crippen LogP contribution in [-0.4, -0.2) is 31.7 Å². The van der Waals surface area contributed by atoms with Crippen LogP contribution in [0.5, 0.6) is 0 Å². The summed E-state index contributed by atoms with van der Waals surface area (Å²) >= 11 is 5.66. The van der Waals surface area contributed by atoms with Gasteiger partial charge in [0.15, 0.2) is 9.84 Å². The van der Waals surface area contributed by atoms with Crippen molar-refractivity contribution >= 4 is 21.4 Å². The predicted molar refractivity (Wildman–Crippen MR) is 67.8 cm³/mol. The molecular weight excluding hydrogens is 260 g/mol. The summed E-state index contributed by atoms with van der Waals surface area (Å²) < 4.78 is 24.3. The molecule has 1 aromatic rings. The third-order valence-electron chi connectivity index (χ3n) is 2.95. The summed E-state index contributed by atoms with van der Waals surface area (Å²) in [6.45, 7) is 1.56. The highest BCUT2D eigenvalue weighted by atomic mass is 35.5. The number of nitrogens with one attached hydrogen (secondary N) is 1. The summed E-state index contributed by atoms with van der Waals surface area (Å²) in [7, 11) is -3.07. The maximum Gasteiger partial charge on any atom is 0.157 e. The first-order chi connectivity index (χ1) is 8.08. The summed E-state index contributed by atoms with van der Waals surface area (Å²) in [6, 6.07) is 3.34. The first-order valence-corrected chi connectivity index (χ1v) is 7.70. The molecule has 17 heavy (non-hydrogen) atoms. The van der Waals surface area contributed by atoms with Crippen LogP contribution in [0, 0.1) is 0 Å². The standard InChI is InChI=1S/C11H15ClN2O2S/c12-11-2-1-9(7-14-11)8-17(15,16)10-3-5-13-6-4-10/h1-2,7,10,13H,3-6,8H2. The van der Waals surface area contributed by atoms with Crippen LogP contribution in [0.2, 0.25) is 5.15 Å². The largest absolute Gasteiger partial charge is 0.317 e. The Morgan fingerprint density at radius 1 is 1.35 bits per heavy atom. The molecule has 1 aliphatic rings. The van der Waals surface area contributed by atoms with Crippen molar-refractivity contribution in [1.29, 1.82) is 0 Å². The van der Waals surface area contributed by atoms with Gasteiger partial charge in [0.2, 0.25) is 0 Å². The van der Waals surface area contributed by atoms with Gasteiger partial charge in [0.25, 0.3) is 0 Å². The van der Waals surface area contributed by atoms with Crippen molar-refractivity contribution in [3.63, 3.8) is 0 Å². The van der Waals surface area contributed by atoms with E-state index in [4.69, 9.17) is 11.6 Å². The molecule has 0 amide bonds. The molecule has 94 valence electrons. The highest BCUT2D eigenvalue weighted by Gasteiger charge is 2.27. The molecule has 1 aromatic heterocycles. The summed E-state index contributed by atoms with van der Waals surface area (Å²) in [6.07, 6.45) is 2.92. The average molecular weight is 275 g/mol. The van der Waals surface area contributed by atoms with Gasteiger partial charge in [0.1, 0.15) is 5.15 Å². The lowest BCUT2D eigenvalue weighted by molar-refractivity contribution is 0.496. The van der Waals surface area contributed by atoms with Gasteiger partial charge < -0.3 is 5.32 Å². The third kappa shape index (κ3) is 3.40. The molecule has 0 bridgehead atoms. The number of rotatable bonds is 3. The van der Waals surface area contributed by atoms with Gasteiger partial charge in [-0.15, -0.1) is 0 Å². The van der Waals surface area contributed by atoms with Crippen molar-refractivity contribution in [3.05, 3.63) is 29.0 Å². The number of piperidine rings is 1. The molecule has 0 aromatic carbocycles. The SMILES string of the molecule is O=S(=O)(Cc1ccc(Cl)nc1)C1CCNCC1. The van der Waals surface area contributed by atoms with Gasteiger partial charge in [-0.25, -0.2) is 13.4 Å². The number of aromatic nitrogens is 1. The topological polar surface area (TPSA) is 59.1 Å². The van der Waals surface area contributed by atoms with Crippen molar-refractivity contribution in [2.45, 2.75) is 23.8 Å². The molecule has 1 N–H and O–H groups in total. The second-order valence-electron chi connectivity index (χ2n) is 4.25. The Kier molecular flexibility index (Phi) is 4.01. The molecule has 0 saturated carbocycles. The fourth-order valence-corrected chi connectivity index (χ4v) is 3.93. The molecule has 1 fully saturated rings. The maximum absolute atomic E-state index is 12.2. The zero-order valence-electron chi connectivity index (χ0n) is 9.39. The number of sulfone groups is 1. The molecule has 0 unspecified atom stereocenters. The lowest BCUT2D eigenvalue weighted by Gasteiger charge is -2.22. The normalized spacial score (nSPS) is 18.2. The maximum atomic E-state index is 12.2. The van der Waals surface area contributed by atoms with Crippen LogP contribution in [-0.2, 0) is 15.6 Å². The van der Waals surface area contributed by atoms with E-state index in [1.165, 1.54) is 6.20 Å². The van der Waals surface area contributed by atoms with Crippen molar-refractivity contribution in [2.75, 3.05) is 13.1 Å². The number of nitrogens with zero attached hydrogens (tertiary/aromatic N) is 1. The highest BCUT2D eigenvalue weighted by Crippen LogP contribution is 2.18. The van der Waals surface area contributed by atoms with E-state index in [0.717, 1.165) is 13.1 Å². The van der Waals surface area contributed by atoms with E-state index < -0.39 is 9.84 Å². The van der Waals surface area contributed by atoms with E-state index in [1.807, 2.05) is 0 Å². The lowest BCUT2D eigenvalue weighted by atomic mass is 10.2. The van der Waals surface area contributed by atoms with Crippen molar-refractivity contribution in [2.24, 2.45) is 0 Å². The Balaban J connectivity index is 2.08. The Hall–Kier alpha value is -0.650. The van der Waals surface area contributed by atoms with E-state index >= 15 is 0 Å². The van der Waals surface area contributed by atoms with Crippen LogP contribution in [0.25, 0.3) is 0 Å². The van der Waals surface area contributed by atoms with E-state index in [0.29, 0.717) is 23.6 Å².